The Morgan fingerprint density at radius 2 is 2.12 bits per heavy atom. The van der Waals surface area contributed by atoms with Crippen molar-refractivity contribution in [2.75, 3.05) is 19.6 Å². The number of amides is 1. The lowest BCUT2D eigenvalue weighted by atomic mass is 10.1. The Balaban J connectivity index is 1.66. The van der Waals surface area contributed by atoms with Crippen LogP contribution in [0.5, 0.6) is 0 Å². The summed E-state index contributed by atoms with van der Waals surface area (Å²) in [5.74, 6) is 0.809. The second-order valence-electron chi connectivity index (χ2n) is 7.33. The lowest BCUT2D eigenvalue weighted by molar-refractivity contribution is 0.0933. The van der Waals surface area contributed by atoms with Crippen LogP contribution in [-0.4, -0.2) is 40.2 Å². The van der Waals surface area contributed by atoms with Crippen molar-refractivity contribution in [3.8, 4) is 0 Å². The fourth-order valence-corrected chi connectivity index (χ4v) is 3.04. The molecule has 0 aliphatic carbocycles. The van der Waals surface area contributed by atoms with Crippen molar-refractivity contribution in [1.29, 1.82) is 0 Å². The van der Waals surface area contributed by atoms with Gasteiger partial charge < -0.3 is 9.73 Å². The minimum Gasteiger partial charge on any atom is -0.468 e. The van der Waals surface area contributed by atoms with Crippen LogP contribution in [0.2, 0.25) is 0 Å². The molecule has 0 bridgehead atoms. The first kappa shape index (κ1) is 16.8. The van der Waals surface area contributed by atoms with Crippen LogP contribution in [0.3, 0.4) is 0 Å². The van der Waals surface area contributed by atoms with Crippen LogP contribution in [0, 0.1) is 0 Å². The van der Waals surface area contributed by atoms with Crippen molar-refractivity contribution in [3.63, 3.8) is 0 Å². The van der Waals surface area contributed by atoms with Gasteiger partial charge in [0.25, 0.3) is 5.91 Å². The van der Waals surface area contributed by atoms with Gasteiger partial charge in [-0.1, -0.05) is 0 Å². The zero-order valence-electron chi connectivity index (χ0n) is 14.7. The van der Waals surface area contributed by atoms with Crippen molar-refractivity contribution < 1.29 is 9.21 Å². The predicted octanol–water partition coefficient (Wildman–Crippen LogP) is 2.80. The van der Waals surface area contributed by atoms with Gasteiger partial charge in [0.1, 0.15) is 5.76 Å². The molecule has 6 heteroatoms. The molecule has 6 nitrogen and oxygen atoms in total. The molecule has 3 heterocycles. The lowest BCUT2D eigenvalue weighted by Crippen LogP contribution is -2.36. The molecule has 3 rings (SSSR count). The predicted molar refractivity (Wildman–Crippen MR) is 91.8 cm³/mol. The Morgan fingerprint density at radius 3 is 2.71 bits per heavy atom. The van der Waals surface area contributed by atoms with Crippen LogP contribution in [0.4, 0.5) is 0 Å². The van der Waals surface area contributed by atoms with Crippen LogP contribution in [0.25, 0.3) is 0 Å². The number of hydrogen-bond acceptors (Lipinski definition) is 4. The molecule has 0 radical (unpaired) electrons. The Labute approximate surface area is 142 Å². The van der Waals surface area contributed by atoms with Crippen molar-refractivity contribution in [3.05, 3.63) is 42.1 Å². The van der Waals surface area contributed by atoms with Gasteiger partial charge in [-0.05, 0) is 58.8 Å². The van der Waals surface area contributed by atoms with Gasteiger partial charge in [0, 0.05) is 12.7 Å². The third-order valence-corrected chi connectivity index (χ3v) is 4.44. The van der Waals surface area contributed by atoms with Crippen molar-refractivity contribution in [2.45, 2.75) is 45.2 Å². The molecule has 0 aromatic carbocycles. The molecule has 1 aliphatic heterocycles. The first-order chi connectivity index (χ1) is 11.4. The number of carbonyl (C=O) groups is 1. The molecule has 24 heavy (non-hydrogen) atoms. The molecule has 1 aliphatic rings. The number of hydrogen-bond donors (Lipinski definition) is 1. The van der Waals surface area contributed by atoms with E-state index in [0.717, 1.165) is 18.8 Å². The Bertz CT molecular complexity index is 664. The van der Waals surface area contributed by atoms with E-state index in [4.69, 9.17) is 4.42 Å². The van der Waals surface area contributed by atoms with E-state index in [1.165, 1.54) is 12.8 Å². The molecule has 1 fully saturated rings. The summed E-state index contributed by atoms with van der Waals surface area (Å²) in [6.45, 7) is 8.80. The Hall–Kier alpha value is -2.08. The highest BCUT2D eigenvalue weighted by molar-refractivity contribution is 5.93. The zero-order valence-corrected chi connectivity index (χ0v) is 14.7. The second kappa shape index (κ2) is 6.81. The van der Waals surface area contributed by atoms with Gasteiger partial charge in [0.15, 0.2) is 0 Å². The molecule has 0 unspecified atom stereocenters. The minimum atomic E-state index is -0.134. The molecule has 0 spiro atoms. The number of nitrogens with zero attached hydrogens (tertiary/aromatic N) is 3. The lowest BCUT2D eigenvalue weighted by Gasteiger charge is -2.25. The number of rotatable bonds is 5. The topological polar surface area (TPSA) is 63.3 Å². The van der Waals surface area contributed by atoms with E-state index < -0.39 is 0 Å². The van der Waals surface area contributed by atoms with Crippen LogP contribution in [-0.2, 0) is 5.54 Å². The van der Waals surface area contributed by atoms with E-state index in [0.29, 0.717) is 12.1 Å². The molecule has 130 valence electrons. The van der Waals surface area contributed by atoms with Gasteiger partial charge in [-0.2, -0.15) is 5.10 Å². The van der Waals surface area contributed by atoms with Crippen LogP contribution in [0.15, 0.2) is 35.2 Å². The second-order valence-corrected chi connectivity index (χ2v) is 7.33. The largest absolute Gasteiger partial charge is 0.468 e. The van der Waals surface area contributed by atoms with Crippen molar-refractivity contribution in [2.24, 2.45) is 0 Å². The molecular weight excluding hydrogens is 304 g/mol. The van der Waals surface area contributed by atoms with Crippen LogP contribution >= 0.6 is 0 Å². The molecule has 1 saturated heterocycles. The highest BCUT2D eigenvalue weighted by atomic mass is 16.3. The number of furan rings is 1. The number of aromatic nitrogens is 2. The van der Waals surface area contributed by atoms with E-state index in [-0.39, 0.29) is 17.5 Å². The molecular formula is C18H26N4O2. The SMILES string of the molecule is CC(C)(C)n1cc(C(=O)NC[C@H](c2ccco2)N2CCCC2)cn1. The van der Waals surface area contributed by atoms with Gasteiger partial charge in [-0.15, -0.1) is 0 Å². The number of nitrogens with one attached hydrogen (secondary N) is 1. The average Bonchev–Trinajstić information content (AvgIpc) is 3.28. The maximum atomic E-state index is 12.5. The van der Waals surface area contributed by atoms with Gasteiger partial charge in [0.2, 0.25) is 0 Å². The number of carbonyl (C=O) groups excluding carboxylic acids is 1. The molecule has 1 amide bonds. The van der Waals surface area contributed by atoms with E-state index in [1.807, 2.05) is 16.8 Å². The quantitative estimate of drug-likeness (QED) is 0.915. The zero-order chi connectivity index (χ0) is 17.2. The summed E-state index contributed by atoms with van der Waals surface area (Å²) in [6, 6.07) is 3.96. The summed E-state index contributed by atoms with van der Waals surface area (Å²) in [5, 5.41) is 7.32. The fraction of sp³-hybridized carbons (Fsp3) is 0.556. The molecule has 2 aromatic heterocycles. The first-order valence-corrected chi connectivity index (χ1v) is 8.56. The highest BCUT2D eigenvalue weighted by Crippen LogP contribution is 2.25. The minimum absolute atomic E-state index is 0.0871. The van der Waals surface area contributed by atoms with Gasteiger partial charge in [0.05, 0.1) is 29.6 Å². The summed E-state index contributed by atoms with van der Waals surface area (Å²) in [5.41, 5.74) is 0.453. The normalized spacial score (nSPS) is 17.1. The first-order valence-electron chi connectivity index (χ1n) is 8.56. The standard InChI is InChI=1S/C18H26N4O2/c1-18(2,3)22-13-14(11-20-22)17(23)19-12-15(16-7-6-10-24-16)21-8-4-5-9-21/h6-7,10-11,13,15H,4-5,8-9,12H2,1-3H3,(H,19,23)/t15-/m1/s1. The van der Waals surface area contributed by atoms with Crippen molar-refractivity contribution >= 4 is 5.91 Å². The molecule has 2 aromatic rings. The van der Waals surface area contributed by atoms with Gasteiger partial charge in [-0.3, -0.25) is 14.4 Å². The third kappa shape index (κ3) is 3.70. The smallest absolute Gasteiger partial charge is 0.254 e. The van der Waals surface area contributed by atoms with Crippen LogP contribution in [0.1, 0.15) is 55.8 Å². The summed E-state index contributed by atoms with van der Waals surface area (Å²) >= 11 is 0. The van der Waals surface area contributed by atoms with Crippen molar-refractivity contribution in [1.82, 2.24) is 20.0 Å². The summed E-state index contributed by atoms with van der Waals surface area (Å²) in [6.07, 6.45) is 7.51. The maximum absolute atomic E-state index is 12.5. The molecule has 1 N–H and O–H groups in total. The Kier molecular flexibility index (Phi) is 4.76. The van der Waals surface area contributed by atoms with E-state index in [9.17, 15) is 4.79 Å². The van der Waals surface area contributed by atoms with E-state index >= 15 is 0 Å². The molecule has 1 atom stereocenters. The third-order valence-electron chi connectivity index (χ3n) is 4.44. The van der Waals surface area contributed by atoms with E-state index in [2.05, 4.69) is 36.1 Å². The highest BCUT2D eigenvalue weighted by Gasteiger charge is 2.26. The summed E-state index contributed by atoms with van der Waals surface area (Å²) in [4.78, 5) is 14.8. The van der Waals surface area contributed by atoms with Crippen LogP contribution < -0.4 is 5.32 Å². The number of likely N-dealkylation sites (tertiary alicyclic amines) is 1. The average molecular weight is 330 g/mol. The maximum Gasteiger partial charge on any atom is 0.254 e. The summed E-state index contributed by atoms with van der Waals surface area (Å²) < 4.78 is 7.40. The van der Waals surface area contributed by atoms with Gasteiger partial charge >= 0.3 is 0 Å². The van der Waals surface area contributed by atoms with Gasteiger partial charge in [-0.25, -0.2) is 0 Å². The monoisotopic (exact) mass is 330 g/mol. The summed E-state index contributed by atoms with van der Waals surface area (Å²) in [7, 11) is 0. The Morgan fingerprint density at radius 1 is 1.38 bits per heavy atom. The van der Waals surface area contributed by atoms with E-state index in [1.54, 1.807) is 18.7 Å². The fourth-order valence-electron chi connectivity index (χ4n) is 3.04. The molecule has 0 saturated carbocycles.